The summed E-state index contributed by atoms with van der Waals surface area (Å²) in [4.78, 5) is 31.4. The number of pyridine rings is 2. The van der Waals surface area contributed by atoms with Gasteiger partial charge in [0.1, 0.15) is 34.6 Å². The summed E-state index contributed by atoms with van der Waals surface area (Å²) < 4.78 is 12.9. The third kappa shape index (κ3) is 4.95. The minimum Gasteiger partial charge on any atom is -0.497 e. The second kappa shape index (κ2) is 10.6. The fourth-order valence-corrected chi connectivity index (χ4v) is 4.68. The Morgan fingerprint density at radius 3 is 2.62 bits per heavy atom. The molecule has 0 atom stereocenters. The van der Waals surface area contributed by atoms with Crippen molar-refractivity contribution >= 4 is 34.3 Å². The number of ether oxygens (including phenoxy) is 2. The zero-order valence-corrected chi connectivity index (χ0v) is 22.8. The summed E-state index contributed by atoms with van der Waals surface area (Å²) in [5.74, 6) is 2.41. The summed E-state index contributed by atoms with van der Waals surface area (Å²) in [7, 11) is 7.04. The average molecular weight is 526 g/mol. The number of aryl methyl sites for hydroxylation is 2. The van der Waals surface area contributed by atoms with E-state index < -0.39 is 0 Å². The van der Waals surface area contributed by atoms with Crippen molar-refractivity contribution in [1.82, 2.24) is 19.5 Å². The molecule has 1 aromatic carbocycles. The van der Waals surface area contributed by atoms with Crippen LogP contribution < -0.4 is 19.3 Å². The zero-order valence-electron chi connectivity index (χ0n) is 22.8. The van der Waals surface area contributed by atoms with E-state index in [1.54, 1.807) is 37.7 Å². The highest BCUT2D eigenvalue weighted by Crippen LogP contribution is 2.38. The molecule has 39 heavy (non-hydrogen) atoms. The van der Waals surface area contributed by atoms with Crippen LogP contribution in [0.3, 0.4) is 0 Å². The predicted molar refractivity (Wildman–Crippen MR) is 148 cm³/mol. The molecule has 0 N–H and O–H groups in total. The molecule has 10 heteroatoms. The number of nitriles is 1. The number of hydrogen-bond acceptors (Lipinski definition) is 8. The van der Waals surface area contributed by atoms with Crippen LogP contribution in [0.5, 0.6) is 11.5 Å². The smallest absolute Gasteiger partial charge is 0.231 e. The van der Waals surface area contributed by atoms with Crippen LogP contribution in [0, 0.1) is 17.2 Å². The number of hydrogen-bond donors (Lipinski definition) is 0. The van der Waals surface area contributed by atoms with Crippen molar-refractivity contribution in [2.75, 3.05) is 31.1 Å². The van der Waals surface area contributed by atoms with Crippen molar-refractivity contribution in [3.63, 3.8) is 0 Å². The number of fused-ring (bicyclic) bond motifs is 1. The minimum atomic E-state index is -0.0365. The molecule has 1 amide bonds. The molecule has 0 bridgehead atoms. The summed E-state index contributed by atoms with van der Waals surface area (Å²) in [6, 6.07) is 11.4. The van der Waals surface area contributed by atoms with Crippen molar-refractivity contribution in [3.05, 3.63) is 59.7 Å². The molecular formula is C29H31N7O3. The number of aromatic nitrogens is 4. The first kappa shape index (κ1) is 26.0. The van der Waals surface area contributed by atoms with Crippen LogP contribution in [0.25, 0.3) is 11.0 Å². The van der Waals surface area contributed by atoms with E-state index in [-0.39, 0.29) is 18.4 Å². The molecule has 1 fully saturated rings. The molecule has 0 saturated heterocycles. The first-order valence-electron chi connectivity index (χ1n) is 12.9. The Bertz CT molecular complexity index is 1590. The van der Waals surface area contributed by atoms with Gasteiger partial charge in [0, 0.05) is 37.7 Å². The number of methoxy groups -OCH3 is 2. The summed E-state index contributed by atoms with van der Waals surface area (Å²) in [5.41, 5.74) is 4.51. The van der Waals surface area contributed by atoms with E-state index in [9.17, 15) is 10.1 Å². The van der Waals surface area contributed by atoms with Gasteiger partial charge in [-0.1, -0.05) is 6.92 Å². The van der Waals surface area contributed by atoms with Gasteiger partial charge in [0.2, 0.25) is 5.91 Å². The number of carbonyl (C=O) groups excluding carboxylic acids is 1. The largest absolute Gasteiger partial charge is 0.497 e. The van der Waals surface area contributed by atoms with E-state index in [1.807, 2.05) is 54.8 Å². The van der Waals surface area contributed by atoms with E-state index in [2.05, 4.69) is 16.0 Å². The number of imidazole rings is 1. The molecule has 200 valence electrons. The van der Waals surface area contributed by atoms with E-state index >= 15 is 0 Å². The van der Waals surface area contributed by atoms with Gasteiger partial charge in [0.25, 0.3) is 0 Å². The number of amides is 1. The number of carbonyl (C=O) groups is 1. The summed E-state index contributed by atoms with van der Waals surface area (Å²) in [6.45, 7) is 2.31. The minimum absolute atomic E-state index is 0.0152. The van der Waals surface area contributed by atoms with Gasteiger partial charge in [-0.25, -0.2) is 15.0 Å². The Kier molecular flexibility index (Phi) is 7.07. The maximum absolute atomic E-state index is 13.7. The first-order valence-corrected chi connectivity index (χ1v) is 12.9. The summed E-state index contributed by atoms with van der Waals surface area (Å²) >= 11 is 0. The SMILES string of the molecule is CCc1cc(C#N)ncc1N(C)c1cc2c(ncn2C)c(N(Cc2ccc(OC)cc2OC)C(=O)C2CC2)n1. The average Bonchev–Trinajstić information content (AvgIpc) is 3.76. The maximum atomic E-state index is 13.7. The number of rotatable bonds is 9. The topological polar surface area (TPSA) is 109 Å². The monoisotopic (exact) mass is 525 g/mol. The summed E-state index contributed by atoms with van der Waals surface area (Å²) in [6.07, 6.45) is 5.87. The first-order chi connectivity index (χ1) is 18.9. The molecular weight excluding hydrogens is 494 g/mol. The second-order valence-corrected chi connectivity index (χ2v) is 9.63. The van der Waals surface area contributed by atoms with Gasteiger partial charge in [-0.2, -0.15) is 5.26 Å². The molecule has 3 heterocycles. The van der Waals surface area contributed by atoms with Crippen molar-refractivity contribution in [2.24, 2.45) is 13.0 Å². The van der Waals surface area contributed by atoms with Crippen molar-refractivity contribution in [3.8, 4) is 17.6 Å². The molecule has 5 rings (SSSR count). The lowest BCUT2D eigenvalue weighted by molar-refractivity contribution is -0.119. The molecule has 1 aliphatic rings. The van der Waals surface area contributed by atoms with Gasteiger partial charge in [-0.15, -0.1) is 0 Å². The molecule has 10 nitrogen and oxygen atoms in total. The van der Waals surface area contributed by atoms with Crippen LogP contribution >= 0.6 is 0 Å². The number of anilines is 3. The fraction of sp³-hybridized carbons (Fsp3) is 0.345. The van der Waals surface area contributed by atoms with Crippen molar-refractivity contribution < 1.29 is 14.3 Å². The number of nitrogens with zero attached hydrogens (tertiary/aromatic N) is 7. The van der Waals surface area contributed by atoms with Crippen LogP contribution in [-0.2, 0) is 24.8 Å². The van der Waals surface area contributed by atoms with Gasteiger partial charge in [0.05, 0.1) is 44.5 Å². The highest BCUT2D eigenvalue weighted by atomic mass is 16.5. The number of benzene rings is 1. The molecule has 3 aromatic heterocycles. The lowest BCUT2D eigenvalue weighted by atomic mass is 10.1. The van der Waals surface area contributed by atoms with Crippen molar-refractivity contribution in [1.29, 1.82) is 5.26 Å². The highest BCUT2D eigenvalue weighted by molar-refractivity contribution is 6.02. The van der Waals surface area contributed by atoms with Gasteiger partial charge in [-0.05, 0) is 43.0 Å². The molecule has 1 aliphatic carbocycles. The highest BCUT2D eigenvalue weighted by Gasteiger charge is 2.36. The normalized spacial score (nSPS) is 12.7. The van der Waals surface area contributed by atoms with Crippen LogP contribution in [0.2, 0.25) is 0 Å². The van der Waals surface area contributed by atoms with E-state index in [0.29, 0.717) is 34.3 Å². The Morgan fingerprint density at radius 1 is 1.15 bits per heavy atom. The molecule has 0 aliphatic heterocycles. The van der Waals surface area contributed by atoms with Crippen LogP contribution in [0.15, 0.2) is 42.9 Å². The van der Waals surface area contributed by atoms with Crippen LogP contribution in [0.1, 0.15) is 36.6 Å². The van der Waals surface area contributed by atoms with Gasteiger partial charge in [0.15, 0.2) is 5.82 Å². The molecule has 0 spiro atoms. The third-order valence-corrected chi connectivity index (χ3v) is 7.12. The molecule has 4 aromatic rings. The van der Waals surface area contributed by atoms with Crippen LogP contribution in [0.4, 0.5) is 17.3 Å². The second-order valence-electron chi connectivity index (χ2n) is 9.63. The Labute approximate surface area is 227 Å². The van der Waals surface area contributed by atoms with E-state index in [1.165, 1.54) is 0 Å². The van der Waals surface area contributed by atoms with Gasteiger partial charge >= 0.3 is 0 Å². The lowest BCUT2D eigenvalue weighted by Gasteiger charge is -2.26. The quantitative estimate of drug-likeness (QED) is 0.314. The Morgan fingerprint density at radius 2 is 1.95 bits per heavy atom. The van der Waals surface area contributed by atoms with E-state index in [4.69, 9.17) is 14.5 Å². The molecule has 0 unspecified atom stereocenters. The summed E-state index contributed by atoms with van der Waals surface area (Å²) in [5, 5.41) is 9.31. The van der Waals surface area contributed by atoms with Crippen molar-refractivity contribution in [2.45, 2.75) is 32.7 Å². The maximum Gasteiger partial charge on any atom is 0.231 e. The third-order valence-electron chi connectivity index (χ3n) is 7.12. The fourth-order valence-electron chi connectivity index (χ4n) is 4.68. The Balaban J connectivity index is 1.64. The van der Waals surface area contributed by atoms with Gasteiger partial charge in [-0.3, -0.25) is 9.69 Å². The molecule has 1 saturated carbocycles. The Hall–Kier alpha value is -4.65. The van der Waals surface area contributed by atoms with Crippen LogP contribution in [-0.4, -0.2) is 46.7 Å². The lowest BCUT2D eigenvalue weighted by Crippen LogP contribution is -2.33. The standard InChI is InChI=1S/C29H31N7O3/c1-6-18-11-21(14-30)31-15-24(18)35(3)26-13-23-27(32-17-34(23)2)28(33-26)36(29(37)19-7-8-19)16-20-9-10-22(38-4)12-25(20)39-5/h9-13,15,17,19H,6-8,16H2,1-5H3. The zero-order chi connectivity index (χ0) is 27.7. The van der Waals surface area contributed by atoms with Gasteiger partial charge < -0.3 is 18.9 Å². The predicted octanol–water partition coefficient (Wildman–Crippen LogP) is 4.53. The molecule has 0 radical (unpaired) electrons. The van der Waals surface area contributed by atoms with E-state index in [0.717, 1.165) is 41.6 Å².